The van der Waals surface area contributed by atoms with Crippen LogP contribution in [0.4, 0.5) is 4.39 Å². The van der Waals surface area contributed by atoms with Gasteiger partial charge in [-0.15, -0.1) is 12.4 Å². The lowest BCUT2D eigenvalue weighted by molar-refractivity contribution is -0.136. The van der Waals surface area contributed by atoms with E-state index in [0.717, 1.165) is 42.9 Å². The molecule has 2 aromatic rings. The van der Waals surface area contributed by atoms with Crippen molar-refractivity contribution < 1.29 is 13.9 Å². The normalized spacial score (nSPS) is 16.9. The minimum atomic E-state index is -0.491. The second-order valence-corrected chi connectivity index (χ2v) is 7.23. The van der Waals surface area contributed by atoms with Gasteiger partial charge in [-0.1, -0.05) is 0 Å². The summed E-state index contributed by atoms with van der Waals surface area (Å²) >= 11 is 0. The first-order valence-electron chi connectivity index (χ1n) is 9.28. The maximum absolute atomic E-state index is 13.2. The molecule has 3 rings (SSSR count). The Morgan fingerprint density at radius 3 is 2.61 bits per heavy atom. The molecule has 1 fully saturated rings. The molecule has 1 aromatic heterocycles. The van der Waals surface area contributed by atoms with Crippen LogP contribution in [0.1, 0.15) is 37.1 Å². The zero-order valence-electron chi connectivity index (χ0n) is 16.5. The number of rotatable bonds is 6. The molecule has 8 heteroatoms. The summed E-state index contributed by atoms with van der Waals surface area (Å²) in [7, 11) is 1.64. The number of halogens is 2. The zero-order chi connectivity index (χ0) is 19.4. The van der Waals surface area contributed by atoms with Crippen LogP contribution in [0.25, 0.3) is 5.69 Å². The second-order valence-electron chi connectivity index (χ2n) is 7.23. The molecule has 1 aliphatic rings. The van der Waals surface area contributed by atoms with Gasteiger partial charge in [0, 0.05) is 18.4 Å². The number of methoxy groups -OCH3 is 1. The van der Waals surface area contributed by atoms with Crippen molar-refractivity contribution in [2.75, 3.05) is 26.8 Å². The summed E-state index contributed by atoms with van der Waals surface area (Å²) in [6.45, 7) is 5.95. The number of piperidine rings is 1. The number of ether oxygens (including phenoxy) is 1. The summed E-state index contributed by atoms with van der Waals surface area (Å²) in [6, 6.07) is 6.01. The van der Waals surface area contributed by atoms with Crippen LogP contribution in [0.2, 0.25) is 0 Å². The minimum absolute atomic E-state index is 0. The van der Waals surface area contributed by atoms with Crippen molar-refractivity contribution in [1.82, 2.24) is 20.4 Å². The van der Waals surface area contributed by atoms with Crippen LogP contribution in [0.3, 0.4) is 0 Å². The molecule has 6 nitrogen and oxygen atoms in total. The van der Waals surface area contributed by atoms with Crippen molar-refractivity contribution in [2.45, 2.75) is 32.7 Å². The summed E-state index contributed by atoms with van der Waals surface area (Å²) in [6.07, 6.45) is 3.27. The van der Waals surface area contributed by atoms with Gasteiger partial charge in [0.1, 0.15) is 5.82 Å². The van der Waals surface area contributed by atoms with Gasteiger partial charge in [-0.2, -0.15) is 5.10 Å². The summed E-state index contributed by atoms with van der Waals surface area (Å²) in [5.74, 6) is -0.262. The molecular weight excluding hydrogens is 383 g/mol. The van der Waals surface area contributed by atoms with Crippen molar-refractivity contribution in [3.05, 3.63) is 47.5 Å². The van der Waals surface area contributed by atoms with Crippen LogP contribution in [-0.4, -0.2) is 42.5 Å². The highest BCUT2D eigenvalue weighted by Gasteiger charge is 2.40. The van der Waals surface area contributed by atoms with Gasteiger partial charge in [-0.3, -0.25) is 4.79 Å². The van der Waals surface area contributed by atoms with E-state index >= 15 is 0 Å². The van der Waals surface area contributed by atoms with Crippen LogP contribution < -0.4 is 10.6 Å². The molecule has 0 aliphatic carbocycles. The fourth-order valence-corrected chi connectivity index (χ4v) is 3.74. The predicted molar refractivity (Wildman–Crippen MR) is 108 cm³/mol. The molecule has 1 atom stereocenters. The minimum Gasteiger partial charge on any atom is -0.384 e. The standard InChI is InChI=1S/C20H27FN4O2.ClH/c1-14(24-19(26)20(13-27-3)8-10-22-11-9-20)18-12-23-25(15(18)2)17-6-4-16(21)5-7-17;/h4-7,12,14,22H,8-11,13H2,1-3H3,(H,24,26);1H. The van der Waals surface area contributed by atoms with Gasteiger partial charge in [0.25, 0.3) is 0 Å². The number of nitrogens with zero attached hydrogens (tertiary/aromatic N) is 2. The highest BCUT2D eigenvalue weighted by molar-refractivity contribution is 5.85. The summed E-state index contributed by atoms with van der Waals surface area (Å²) in [5.41, 5.74) is 2.15. The fraction of sp³-hybridized carbons (Fsp3) is 0.500. The quantitative estimate of drug-likeness (QED) is 0.768. The van der Waals surface area contributed by atoms with Crippen molar-refractivity contribution >= 4 is 18.3 Å². The summed E-state index contributed by atoms with van der Waals surface area (Å²) < 4.78 is 20.3. The van der Waals surface area contributed by atoms with Crippen LogP contribution in [0.15, 0.2) is 30.5 Å². The highest BCUT2D eigenvalue weighted by atomic mass is 35.5. The lowest BCUT2D eigenvalue weighted by atomic mass is 9.78. The van der Waals surface area contributed by atoms with Crippen molar-refractivity contribution in [1.29, 1.82) is 0 Å². The fourth-order valence-electron chi connectivity index (χ4n) is 3.74. The number of amides is 1. The maximum atomic E-state index is 13.2. The van der Waals surface area contributed by atoms with E-state index in [1.165, 1.54) is 12.1 Å². The molecule has 1 aromatic carbocycles. The third-order valence-corrected chi connectivity index (χ3v) is 5.40. The van der Waals surface area contributed by atoms with Crippen LogP contribution in [0, 0.1) is 18.2 Å². The monoisotopic (exact) mass is 410 g/mol. The number of hydrogen-bond acceptors (Lipinski definition) is 4. The number of benzene rings is 1. The highest BCUT2D eigenvalue weighted by Crippen LogP contribution is 2.31. The van der Waals surface area contributed by atoms with E-state index in [1.807, 2.05) is 13.8 Å². The molecule has 0 spiro atoms. The third kappa shape index (κ3) is 4.54. The Kier molecular flexibility index (Phi) is 7.57. The molecule has 2 N–H and O–H groups in total. The Bertz CT molecular complexity index is 782. The van der Waals surface area contributed by atoms with E-state index in [1.54, 1.807) is 30.1 Å². The maximum Gasteiger partial charge on any atom is 0.229 e. The molecule has 0 radical (unpaired) electrons. The van der Waals surface area contributed by atoms with E-state index in [4.69, 9.17) is 4.74 Å². The first-order valence-corrected chi connectivity index (χ1v) is 9.28. The van der Waals surface area contributed by atoms with Gasteiger partial charge in [0.15, 0.2) is 0 Å². The van der Waals surface area contributed by atoms with Gasteiger partial charge in [-0.25, -0.2) is 9.07 Å². The molecular formula is C20H28ClFN4O2. The van der Waals surface area contributed by atoms with E-state index in [2.05, 4.69) is 15.7 Å². The SMILES string of the molecule is COCC1(C(=O)NC(C)c2cnn(-c3ccc(F)cc3)c2C)CCNCC1.Cl. The number of carbonyl (C=O) groups excluding carboxylic acids is 1. The third-order valence-electron chi connectivity index (χ3n) is 5.40. The van der Waals surface area contributed by atoms with Crippen LogP contribution in [-0.2, 0) is 9.53 Å². The first kappa shape index (κ1) is 22.3. The van der Waals surface area contributed by atoms with E-state index in [9.17, 15) is 9.18 Å². The Balaban J connectivity index is 0.00000280. The molecule has 154 valence electrons. The van der Waals surface area contributed by atoms with Gasteiger partial charge < -0.3 is 15.4 Å². The zero-order valence-corrected chi connectivity index (χ0v) is 17.3. The Labute approximate surface area is 171 Å². The van der Waals surface area contributed by atoms with E-state index < -0.39 is 5.41 Å². The van der Waals surface area contributed by atoms with Gasteiger partial charge in [0.05, 0.1) is 29.9 Å². The lowest BCUT2D eigenvalue weighted by Crippen LogP contribution is -2.50. The number of nitrogens with one attached hydrogen (secondary N) is 2. The first-order chi connectivity index (χ1) is 13.0. The van der Waals surface area contributed by atoms with Crippen molar-refractivity contribution in [3.63, 3.8) is 0 Å². The summed E-state index contributed by atoms with van der Waals surface area (Å²) in [4.78, 5) is 13.0. The molecule has 28 heavy (non-hydrogen) atoms. The Morgan fingerprint density at radius 1 is 1.36 bits per heavy atom. The second kappa shape index (κ2) is 9.49. The van der Waals surface area contributed by atoms with Gasteiger partial charge >= 0.3 is 0 Å². The number of carbonyl (C=O) groups is 1. The largest absolute Gasteiger partial charge is 0.384 e. The molecule has 1 amide bonds. The van der Waals surface area contributed by atoms with E-state index in [-0.39, 0.29) is 30.2 Å². The van der Waals surface area contributed by atoms with E-state index in [0.29, 0.717) is 6.61 Å². The predicted octanol–water partition coefficient (Wildman–Crippen LogP) is 2.94. The molecule has 0 saturated carbocycles. The smallest absolute Gasteiger partial charge is 0.229 e. The van der Waals surface area contributed by atoms with Gasteiger partial charge in [-0.05, 0) is 64.0 Å². The topological polar surface area (TPSA) is 68.2 Å². The average molecular weight is 411 g/mol. The van der Waals surface area contributed by atoms with Crippen LogP contribution >= 0.6 is 12.4 Å². The molecule has 1 unspecified atom stereocenters. The molecule has 0 bridgehead atoms. The van der Waals surface area contributed by atoms with Crippen LogP contribution in [0.5, 0.6) is 0 Å². The molecule has 1 saturated heterocycles. The van der Waals surface area contributed by atoms with Crippen molar-refractivity contribution in [3.8, 4) is 5.69 Å². The lowest BCUT2D eigenvalue weighted by Gasteiger charge is -2.36. The number of aromatic nitrogens is 2. The molecule has 2 heterocycles. The Morgan fingerprint density at radius 2 is 2.00 bits per heavy atom. The molecule has 1 aliphatic heterocycles. The number of hydrogen-bond donors (Lipinski definition) is 2. The summed E-state index contributed by atoms with van der Waals surface area (Å²) in [5, 5.41) is 10.9. The van der Waals surface area contributed by atoms with Crippen molar-refractivity contribution in [2.24, 2.45) is 5.41 Å². The Hall–Kier alpha value is -1.96. The average Bonchev–Trinajstić information content (AvgIpc) is 3.05. The van der Waals surface area contributed by atoms with Gasteiger partial charge in [0.2, 0.25) is 5.91 Å².